The molecule has 2 heterocycles. The Bertz CT molecular complexity index is 810. The molecule has 8 nitrogen and oxygen atoms in total. The predicted octanol–water partition coefficient (Wildman–Crippen LogP) is 2.15. The summed E-state index contributed by atoms with van der Waals surface area (Å²) >= 11 is 0. The van der Waals surface area contributed by atoms with Crippen LogP contribution in [0.4, 0.5) is 19.0 Å². The molecule has 1 N–H and O–H groups in total. The van der Waals surface area contributed by atoms with Crippen LogP contribution in [0.2, 0.25) is 0 Å². The van der Waals surface area contributed by atoms with Gasteiger partial charge in [0.1, 0.15) is 11.4 Å². The van der Waals surface area contributed by atoms with E-state index in [0.29, 0.717) is 0 Å². The molecule has 2 aromatic rings. The number of hydrogen-bond acceptors (Lipinski definition) is 5. The van der Waals surface area contributed by atoms with Gasteiger partial charge in [-0.15, -0.1) is 0 Å². The third-order valence-electron chi connectivity index (χ3n) is 3.51. The lowest BCUT2D eigenvalue weighted by Gasteiger charge is -2.09. The van der Waals surface area contributed by atoms with Crippen LogP contribution in [0, 0.1) is 6.92 Å². The maximum absolute atomic E-state index is 12.7. The SMILES string of the molecule is CCOC(=O)c1cnn(C)c1NC(=O)CCn1nc(C(F)(F)F)cc1C. The molecule has 2 rings (SSSR count). The lowest BCUT2D eigenvalue weighted by atomic mass is 10.3. The van der Waals surface area contributed by atoms with Crippen LogP contribution in [0.5, 0.6) is 0 Å². The van der Waals surface area contributed by atoms with Crippen molar-refractivity contribution in [3.8, 4) is 0 Å². The highest BCUT2D eigenvalue weighted by Crippen LogP contribution is 2.28. The van der Waals surface area contributed by atoms with Crippen LogP contribution in [0.25, 0.3) is 0 Å². The van der Waals surface area contributed by atoms with Gasteiger partial charge in [0.15, 0.2) is 5.69 Å². The number of rotatable bonds is 6. The van der Waals surface area contributed by atoms with Crippen molar-refractivity contribution in [2.24, 2.45) is 7.05 Å². The molecule has 0 unspecified atom stereocenters. The summed E-state index contributed by atoms with van der Waals surface area (Å²) in [5.41, 5.74) is -0.623. The Morgan fingerprint density at radius 3 is 2.62 bits per heavy atom. The van der Waals surface area contributed by atoms with Crippen LogP contribution in [0.3, 0.4) is 0 Å². The van der Waals surface area contributed by atoms with E-state index in [1.54, 1.807) is 6.92 Å². The molecular formula is C15H18F3N5O3. The summed E-state index contributed by atoms with van der Waals surface area (Å²) in [6, 6.07) is 0.915. The number of aromatic nitrogens is 4. The maximum atomic E-state index is 12.7. The topological polar surface area (TPSA) is 91.0 Å². The fourth-order valence-corrected chi connectivity index (χ4v) is 2.22. The van der Waals surface area contributed by atoms with Crippen molar-refractivity contribution in [3.63, 3.8) is 0 Å². The average Bonchev–Trinajstić information content (AvgIpc) is 3.09. The molecule has 0 aliphatic heterocycles. The minimum atomic E-state index is -4.54. The molecule has 0 aliphatic carbocycles. The van der Waals surface area contributed by atoms with Gasteiger partial charge in [0.2, 0.25) is 5.91 Å². The molecule has 2 aromatic heterocycles. The van der Waals surface area contributed by atoms with Crippen LogP contribution in [0.1, 0.15) is 35.1 Å². The molecule has 0 atom stereocenters. The average molecular weight is 373 g/mol. The van der Waals surface area contributed by atoms with Crippen LogP contribution < -0.4 is 5.32 Å². The number of hydrogen-bond donors (Lipinski definition) is 1. The van der Waals surface area contributed by atoms with Gasteiger partial charge in [-0.2, -0.15) is 23.4 Å². The van der Waals surface area contributed by atoms with Gasteiger partial charge < -0.3 is 10.1 Å². The van der Waals surface area contributed by atoms with E-state index >= 15 is 0 Å². The Hall–Kier alpha value is -2.85. The number of anilines is 1. The fourth-order valence-electron chi connectivity index (χ4n) is 2.22. The lowest BCUT2D eigenvalue weighted by molar-refractivity contribution is -0.141. The van der Waals surface area contributed by atoms with E-state index in [4.69, 9.17) is 4.74 Å². The third-order valence-corrected chi connectivity index (χ3v) is 3.51. The summed E-state index contributed by atoms with van der Waals surface area (Å²) in [5, 5.41) is 9.87. The Morgan fingerprint density at radius 1 is 1.35 bits per heavy atom. The lowest BCUT2D eigenvalue weighted by Crippen LogP contribution is -2.19. The van der Waals surface area contributed by atoms with E-state index in [9.17, 15) is 22.8 Å². The molecule has 0 saturated heterocycles. The zero-order chi connectivity index (χ0) is 19.5. The molecule has 26 heavy (non-hydrogen) atoms. The number of esters is 1. The monoisotopic (exact) mass is 373 g/mol. The van der Waals surface area contributed by atoms with Crippen LogP contribution in [-0.2, 0) is 29.3 Å². The molecule has 1 amide bonds. The summed E-state index contributed by atoms with van der Waals surface area (Å²) in [5.74, 6) is -0.974. The van der Waals surface area contributed by atoms with E-state index < -0.39 is 23.7 Å². The quantitative estimate of drug-likeness (QED) is 0.784. The first kappa shape index (κ1) is 19.5. The molecule has 0 fully saturated rings. The number of halogens is 3. The Kier molecular flexibility index (Phi) is 5.68. The summed E-state index contributed by atoms with van der Waals surface area (Å²) in [7, 11) is 1.53. The number of amides is 1. The van der Waals surface area contributed by atoms with Gasteiger partial charge in [0.05, 0.1) is 12.8 Å². The fraction of sp³-hybridized carbons (Fsp3) is 0.467. The zero-order valence-electron chi connectivity index (χ0n) is 14.4. The highest BCUT2D eigenvalue weighted by atomic mass is 19.4. The first-order chi connectivity index (χ1) is 12.1. The highest BCUT2D eigenvalue weighted by Gasteiger charge is 2.34. The normalized spacial score (nSPS) is 11.5. The molecule has 11 heteroatoms. The number of carbonyl (C=O) groups excluding carboxylic acids is 2. The second-order valence-electron chi connectivity index (χ2n) is 5.44. The third kappa shape index (κ3) is 4.41. The van der Waals surface area contributed by atoms with Gasteiger partial charge in [-0.1, -0.05) is 0 Å². The van der Waals surface area contributed by atoms with Crippen molar-refractivity contribution in [1.29, 1.82) is 0 Å². The largest absolute Gasteiger partial charge is 0.462 e. The smallest absolute Gasteiger partial charge is 0.435 e. The van der Waals surface area contributed by atoms with Crippen molar-refractivity contribution in [3.05, 3.63) is 29.2 Å². The first-order valence-electron chi connectivity index (χ1n) is 7.74. The minimum absolute atomic E-state index is 0.0413. The van der Waals surface area contributed by atoms with Crippen molar-refractivity contribution < 1.29 is 27.5 Å². The predicted molar refractivity (Wildman–Crippen MR) is 84.4 cm³/mol. The van der Waals surface area contributed by atoms with Gasteiger partial charge in [-0.3, -0.25) is 14.2 Å². The molecule has 0 saturated carbocycles. The van der Waals surface area contributed by atoms with Crippen molar-refractivity contribution in [1.82, 2.24) is 19.6 Å². The van der Waals surface area contributed by atoms with Gasteiger partial charge in [0, 0.05) is 25.7 Å². The molecule has 0 radical (unpaired) electrons. The van der Waals surface area contributed by atoms with Crippen molar-refractivity contribution in [2.45, 2.75) is 33.0 Å². The number of ether oxygens (including phenoxy) is 1. The number of nitrogens with one attached hydrogen (secondary N) is 1. The maximum Gasteiger partial charge on any atom is 0.435 e. The Morgan fingerprint density at radius 2 is 2.04 bits per heavy atom. The second-order valence-corrected chi connectivity index (χ2v) is 5.44. The second kappa shape index (κ2) is 7.58. The molecule has 0 spiro atoms. The van der Waals surface area contributed by atoms with E-state index in [-0.39, 0.29) is 36.6 Å². The molecular weight excluding hydrogens is 355 g/mol. The van der Waals surface area contributed by atoms with E-state index in [1.165, 1.54) is 24.9 Å². The number of nitrogens with zero attached hydrogens (tertiary/aromatic N) is 4. The molecule has 0 aliphatic rings. The van der Waals surface area contributed by atoms with E-state index in [1.807, 2.05) is 0 Å². The van der Waals surface area contributed by atoms with Crippen LogP contribution in [-0.4, -0.2) is 38.0 Å². The van der Waals surface area contributed by atoms with E-state index in [2.05, 4.69) is 15.5 Å². The van der Waals surface area contributed by atoms with Gasteiger partial charge >= 0.3 is 12.1 Å². The molecule has 0 aromatic carbocycles. The minimum Gasteiger partial charge on any atom is -0.462 e. The van der Waals surface area contributed by atoms with Gasteiger partial charge in [-0.05, 0) is 19.9 Å². The Balaban J connectivity index is 2.03. The first-order valence-corrected chi connectivity index (χ1v) is 7.74. The van der Waals surface area contributed by atoms with Crippen LogP contribution >= 0.6 is 0 Å². The summed E-state index contributed by atoms with van der Waals surface area (Å²) in [6.07, 6.45) is -3.41. The van der Waals surface area contributed by atoms with Crippen molar-refractivity contribution >= 4 is 17.7 Å². The number of carbonyl (C=O) groups is 2. The zero-order valence-corrected chi connectivity index (χ0v) is 14.4. The van der Waals surface area contributed by atoms with Crippen LogP contribution in [0.15, 0.2) is 12.3 Å². The summed E-state index contributed by atoms with van der Waals surface area (Å²) in [6.45, 7) is 3.25. The molecule has 0 bridgehead atoms. The highest BCUT2D eigenvalue weighted by molar-refractivity contribution is 6.00. The van der Waals surface area contributed by atoms with Crippen molar-refractivity contribution in [2.75, 3.05) is 11.9 Å². The standard InChI is InChI=1S/C15H18F3N5O3/c1-4-26-14(25)10-8-19-22(3)13(10)20-12(24)5-6-23-9(2)7-11(21-23)15(16,17)18/h7-8H,4-6H2,1-3H3,(H,20,24). The summed E-state index contributed by atoms with van der Waals surface area (Å²) in [4.78, 5) is 23.9. The Labute approximate surface area is 146 Å². The molecule has 142 valence electrons. The van der Waals surface area contributed by atoms with Gasteiger partial charge in [-0.25, -0.2) is 4.79 Å². The van der Waals surface area contributed by atoms with E-state index in [0.717, 1.165) is 10.7 Å². The van der Waals surface area contributed by atoms with Gasteiger partial charge in [0.25, 0.3) is 0 Å². The number of alkyl halides is 3. The number of aryl methyl sites for hydroxylation is 3. The summed E-state index contributed by atoms with van der Waals surface area (Å²) < 4.78 is 45.2.